The SMILES string of the molecule is CC1CN=C(NCC(C)(O)c2ccccc2)N1. The molecule has 0 bridgehead atoms. The minimum atomic E-state index is -0.892. The second-order valence-electron chi connectivity index (χ2n) is 4.73. The summed E-state index contributed by atoms with van der Waals surface area (Å²) in [5.41, 5.74) is 0.0104. The van der Waals surface area contributed by atoms with Crippen molar-refractivity contribution < 1.29 is 5.11 Å². The summed E-state index contributed by atoms with van der Waals surface area (Å²) in [6, 6.07) is 10.0. The minimum Gasteiger partial charge on any atom is -0.384 e. The number of hydrogen-bond acceptors (Lipinski definition) is 4. The van der Waals surface area contributed by atoms with E-state index >= 15 is 0 Å². The van der Waals surface area contributed by atoms with Crippen molar-refractivity contribution in [2.24, 2.45) is 4.99 Å². The molecule has 0 saturated carbocycles. The third-order valence-corrected chi connectivity index (χ3v) is 2.90. The molecule has 92 valence electrons. The highest BCUT2D eigenvalue weighted by atomic mass is 16.3. The molecule has 0 saturated heterocycles. The van der Waals surface area contributed by atoms with Crippen molar-refractivity contribution in [1.82, 2.24) is 10.6 Å². The summed E-state index contributed by atoms with van der Waals surface area (Å²) in [6.45, 7) is 5.10. The van der Waals surface area contributed by atoms with Crippen molar-refractivity contribution in [1.29, 1.82) is 0 Å². The van der Waals surface area contributed by atoms with Gasteiger partial charge in [0.1, 0.15) is 5.60 Å². The highest BCUT2D eigenvalue weighted by Crippen LogP contribution is 2.18. The third kappa shape index (κ3) is 2.97. The topological polar surface area (TPSA) is 56.7 Å². The molecular formula is C13H19N3O. The molecule has 4 nitrogen and oxygen atoms in total. The summed E-state index contributed by atoms with van der Waals surface area (Å²) in [5.74, 6) is 0.772. The molecule has 3 N–H and O–H groups in total. The van der Waals surface area contributed by atoms with E-state index in [0.29, 0.717) is 12.6 Å². The van der Waals surface area contributed by atoms with Gasteiger partial charge in [-0.05, 0) is 19.4 Å². The monoisotopic (exact) mass is 233 g/mol. The Balaban J connectivity index is 1.94. The lowest BCUT2D eigenvalue weighted by atomic mass is 9.96. The van der Waals surface area contributed by atoms with Gasteiger partial charge in [-0.15, -0.1) is 0 Å². The zero-order valence-electron chi connectivity index (χ0n) is 10.3. The lowest BCUT2D eigenvalue weighted by Gasteiger charge is -2.24. The second kappa shape index (κ2) is 4.75. The molecule has 0 radical (unpaired) electrons. The zero-order chi connectivity index (χ0) is 12.3. The van der Waals surface area contributed by atoms with Crippen LogP contribution < -0.4 is 10.6 Å². The van der Waals surface area contributed by atoms with Gasteiger partial charge in [-0.3, -0.25) is 4.99 Å². The number of guanidine groups is 1. The molecule has 1 aromatic rings. The van der Waals surface area contributed by atoms with Crippen molar-refractivity contribution >= 4 is 5.96 Å². The normalized spacial score (nSPS) is 22.5. The van der Waals surface area contributed by atoms with Crippen LogP contribution in [0.5, 0.6) is 0 Å². The Morgan fingerprint density at radius 3 is 2.76 bits per heavy atom. The smallest absolute Gasteiger partial charge is 0.191 e. The fraction of sp³-hybridized carbons (Fsp3) is 0.462. The maximum Gasteiger partial charge on any atom is 0.191 e. The average molecular weight is 233 g/mol. The fourth-order valence-corrected chi connectivity index (χ4v) is 1.81. The highest BCUT2D eigenvalue weighted by Gasteiger charge is 2.24. The Kier molecular flexibility index (Phi) is 3.33. The van der Waals surface area contributed by atoms with Crippen molar-refractivity contribution in [3.63, 3.8) is 0 Å². The van der Waals surface area contributed by atoms with Gasteiger partial charge in [0.15, 0.2) is 5.96 Å². The molecule has 0 spiro atoms. The summed E-state index contributed by atoms with van der Waals surface area (Å²) >= 11 is 0. The van der Waals surface area contributed by atoms with E-state index in [1.165, 1.54) is 0 Å². The lowest BCUT2D eigenvalue weighted by molar-refractivity contribution is 0.0617. The second-order valence-corrected chi connectivity index (χ2v) is 4.73. The van der Waals surface area contributed by atoms with E-state index in [2.05, 4.69) is 22.5 Å². The van der Waals surface area contributed by atoms with Crippen LogP contribution in [0.15, 0.2) is 35.3 Å². The van der Waals surface area contributed by atoms with Crippen molar-refractivity contribution in [2.75, 3.05) is 13.1 Å². The summed E-state index contributed by atoms with van der Waals surface area (Å²) in [5, 5.41) is 16.7. The molecule has 0 fully saturated rings. The molecule has 17 heavy (non-hydrogen) atoms. The first kappa shape index (κ1) is 11.9. The Hall–Kier alpha value is -1.55. The van der Waals surface area contributed by atoms with Crippen LogP contribution in [-0.4, -0.2) is 30.2 Å². The molecule has 1 aliphatic rings. The van der Waals surface area contributed by atoms with E-state index in [1.54, 1.807) is 6.92 Å². The first-order valence-corrected chi connectivity index (χ1v) is 5.91. The number of aliphatic imine (C=N–C) groups is 1. The molecule has 2 unspecified atom stereocenters. The lowest BCUT2D eigenvalue weighted by Crippen LogP contribution is -2.44. The molecule has 1 heterocycles. The quantitative estimate of drug-likeness (QED) is 0.725. The van der Waals surface area contributed by atoms with Crippen molar-refractivity contribution in [2.45, 2.75) is 25.5 Å². The van der Waals surface area contributed by atoms with Crippen LogP contribution in [0.4, 0.5) is 0 Å². The molecular weight excluding hydrogens is 214 g/mol. The largest absolute Gasteiger partial charge is 0.384 e. The van der Waals surface area contributed by atoms with Gasteiger partial charge in [-0.25, -0.2) is 0 Å². The number of nitrogens with zero attached hydrogens (tertiary/aromatic N) is 1. The first-order valence-electron chi connectivity index (χ1n) is 5.91. The number of nitrogens with one attached hydrogen (secondary N) is 2. The third-order valence-electron chi connectivity index (χ3n) is 2.90. The predicted molar refractivity (Wildman–Crippen MR) is 68.9 cm³/mol. The summed E-state index contributed by atoms with van der Waals surface area (Å²) in [4.78, 5) is 4.30. The average Bonchev–Trinajstić information content (AvgIpc) is 2.74. The number of aliphatic hydroxyl groups is 1. The fourth-order valence-electron chi connectivity index (χ4n) is 1.81. The maximum atomic E-state index is 10.4. The Morgan fingerprint density at radius 1 is 1.47 bits per heavy atom. The molecule has 4 heteroatoms. The van der Waals surface area contributed by atoms with E-state index in [4.69, 9.17) is 0 Å². The Morgan fingerprint density at radius 2 is 2.18 bits per heavy atom. The molecule has 2 rings (SSSR count). The van der Waals surface area contributed by atoms with E-state index in [-0.39, 0.29) is 0 Å². The minimum absolute atomic E-state index is 0.374. The number of hydrogen-bond donors (Lipinski definition) is 3. The zero-order valence-corrected chi connectivity index (χ0v) is 10.3. The Bertz CT molecular complexity index is 400. The van der Waals surface area contributed by atoms with Gasteiger partial charge in [-0.1, -0.05) is 30.3 Å². The summed E-state index contributed by atoms with van der Waals surface area (Å²) < 4.78 is 0. The maximum absolute atomic E-state index is 10.4. The van der Waals surface area contributed by atoms with Crippen molar-refractivity contribution in [3.8, 4) is 0 Å². The van der Waals surface area contributed by atoms with Gasteiger partial charge >= 0.3 is 0 Å². The highest BCUT2D eigenvalue weighted by molar-refractivity contribution is 5.81. The van der Waals surface area contributed by atoms with Crippen LogP contribution in [-0.2, 0) is 5.60 Å². The number of rotatable bonds is 3. The summed E-state index contributed by atoms with van der Waals surface area (Å²) in [7, 11) is 0. The van der Waals surface area contributed by atoms with E-state index in [1.807, 2.05) is 30.3 Å². The van der Waals surface area contributed by atoms with Crippen LogP contribution in [0.2, 0.25) is 0 Å². The van der Waals surface area contributed by atoms with Gasteiger partial charge in [0.2, 0.25) is 0 Å². The van der Waals surface area contributed by atoms with E-state index in [0.717, 1.165) is 18.1 Å². The predicted octanol–water partition coefficient (Wildman–Crippen LogP) is 0.831. The van der Waals surface area contributed by atoms with Crippen molar-refractivity contribution in [3.05, 3.63) is 35.9 Å². The van der Waals surface area contributed by atoms with Crippen LogP contribution in [0.3, 0.4) is 0 Å². The van der Waals surface area contributed by atoms with Gasteiger partial charge in [0, 0.05) is 6.04 Å². The molecule has 0 aromatic heterocycles. The van der Waals surface area contributed by atoms with Gasteiger partial charge in [0.05, 0.1) is 13.1 Å². The first-order chi connectivity index (χ1) is 8.08. The van der Waals surface area contributed by atoms with Crippen LogP contribution in [0.1, 0.15) is 19.4 Å². The number of benzene rings is 1. The van der Waals surface area contributed by atoms with E-state index in [9.17, 15) is 5.11 Å². The van der Waals surface area contributed by atoms with Crippen LogP contribution in [0.25, 0.3) is 0 Å². The van der Waals surface area contributed by atoms with Gasteiger partial charge < -0.3 is 15.7 Å². The van der Waals surface area contributed by atoms with Crippen LogP contribution in [0, 0.1) is 0 Å². The molecule has 1 aromatic carbocycles. The molecule has 2 atom stereocenters. The van der Waals surface area contributed by atoms with Gasteiger partial charge in [-0.2, -0.15) is 0 Å². The Labute approximate surface area is 102 Å². The molecule has 0 aliphatic carbocycles. The summed E-state index contributed by atoms with van der Waals surface area (Å²) in [6.07, 6.45) is 0. The standard InChI is InChI=1S/C13H19N3O/c1-10-8-14-12(16-10)15-9-13(2,17)11-6-4-3-5-7-11/h3-7,10,17H,8-9H2,1-2H3,(H2,14,15,16). The molecule has 0 amide bonds. The molecule has 1 aliphatic heterocycles. The van der Waals surface area contributed by atoms with E-state index < -0.39 is 5.60 Å². The van der Waals surface area contributed by atoms with Crippen LogP contribution >= 0.6 is 0 Å². The van der Waals surface area contributed by atoms with Gasteiger partial charge in [0.25, 0.3) is 0 Å².